The number of hydrogen-bond donors (Lipinski definition) is 4. The van der Waals surface area contributed by atoms with Gasteiger partial charge in [-0.05, 0) is 25.3 Å². The van der Waals surface area contributed by atoms with Crippen molar-refractivity contribution >= 4 is 35.2 Å². The van der Waals surface area contributed by atoms with Gasteiger partial charge in [-0.25, -0.2) is 4.79 Å². The van der Waals surface area contributed by atoms with E-state index >= 15 is 0 Å². The van der Waals surface area contributed by atoms with Crippen LogP contribution < -0.4 is 5.32 Å². The Morgan fingerprint density at radius 3 is 2.74 bits per heavy atom. The van der Waals surface area contributed by atoms with Gasteiger partial charge in [0, 0.05) is 19.0 Å². The highest BCUT2D eigenvalue weighted by Crippen LogP contribution is 2.47. The maximum Gasteiger partial charge on any atom is 0.352 e. The van der Waals surface area contributed by atoms with Gasteiger partial charge in [-0.2, -0.15) is 0 Å². The fraction of sp³-hybridized carbons (Fsp3) is 0.647. The lowest BCUT2D eigenvalue weighted by Gasteiger charge is -2.44. The predicted octanol–water partition coefficient (Wildman–Crippen LogP) is -0.409. The second-order valence-corrected chi connectivity index (χ2v) is 7.48. The molecule has 9 nitrogen and oxygen atoms in total. The SMILES string of the molecule is C[C@@H](O)[C@H]1C(=O)N2C(C(=O)O)=C([C@@H]3CCN(C(=N)CNC(=O)CCl)C3)C[C@H]12. The number of carbonyl (C=O) groups is 3. The van der Waals surface area contributed by atoms with E-state index in [-0.39, 0.29) is 47.7 Å². The van der Waals surface area contributed by atoms with Gasteiger partial charge in [-0.3, -0.25) is 15.0 Å². The van der Waals surface area contributed by atoms with Gasteiger partial charge in [0.15, 0.2) is 0 Å². The summed E-state index contributed by atoms with van der Waals surface area (Å²) in [6.45, 7) is 2.66. The molecule has 3 rings (SSSR count). The number of aliphatic hydroxyl groups is 1. The van der Waals surface area contributed by atoms with E-state index < -0.39 is 18.0 Å². The van der Waals surface area contributed by atoms with Crippen LogP contribution in [0.2, 0.25) is 0 Å². The lowest BCUT2D eigenvalue weighted by molar-refractivity contribution is -0.161. The van der Waals surface area contributed by atoms with Crippen LogP contribution in [0, 0.1) is 17.2 Å². The second kappa shape index (κ2) is 7.47. The van der Waals surface area contributed by atoms with E-state index in [1.165, 1.54) is 4.90 Å². The number of amides is 2. The van der Waals surface area contributed by atoms with Crippen molar-refractivity contribution in [3.8, 4) is 0 Å². The van der Waals surface area contributed by atoms with Crippen molar-refractivity contribution in [1.82, 2.24) is 15.1 Å². The summed E-state index contributed by atoms with van der Waals surface area (Å²) in [6, 6.07) is -0.296. The highest BCUT2D eigenvalue weighted by atomic mass is 35.5. The Balaban J connectivity index is 1.70. The first-order chi connectivity index (χ1) is 12.8. The number of fused-ring (bicyclic) bond motifs is 1. The van der Waals surface area contributed by atoms with Gasteiger partial charge in [0.1, 0.15) is 17.4 Å². The zero-order valence-electron chi connectivity index (χ0n) is 14.9. The molecule has 4 atom stereocenters. The minimum atomic E-state index is -1.13. The van der Waals surface area contributed by atoms with Crippen molar-refractivity contribution < 1.29 is 24.6 Å². The number of carbonyl (C=O) groups excluding carboxylic acids is 2. The molecule has 0 spiro atoms. The summed E-state index contributed by atoms with van der Waals surface area (Å²) in [6.07, 6.45) is 0.302. The largest absolute Gasteiger partial charge is 0.477 e. The van der Waals surface area contributed by atoms with Crippen LogP contribution in [0.15, 0.2) is 11.3 Å². The molecule has 3 aliphatic rings. The second-order valence-electron chi connectivity index (χ2n) is 7.21. The first-order valence-electron chi connectivity index (χ1n) is 8.88. The van der Waals surface area contributed by atoms with Crippen LogP contribution in [0.1, 0.15) is 19.8 Å². The van der Waals surface area contributed by atoms with Gasteiger partial charge in [-0.1, -0.05) is 0 Å². The van der Waals surface area contributed by atoms with E-state index in [9.17, 15) is 24.6 Å². The molecule has 3 heterocycles. The molecule has 2 saturated heterocycles. The maximum absolute atomic E-state index is 12.3. The highest BCUT2D eigenvalue weighted by Gasteiger charge is 2.57. The third-order valence-corrected chi connectivity index (χ3v) is 5.85. The summed E-state index contributed by atoms with van der Waals surface area (Å²) in [7, 11) is 0. The topological polar surface area (TPSA) is 134 Å². The zero-order chi connectivity index (χ0) is 19.9. The van der Waals surface area contributed by atoms with E-state index in [0.717, 1.165) is 0 Å². The molecule has 0 aromatic heterocycles. The normalized spacial score (nSPS) is 28.1. The number of carboxylic acid groups (broad SMARTS) is 1. The maximum atomic E-state index is 12.3. The van der Waals surface area contributed by atoms with Crippen LogP contribution in [0.4, 0.5) is 0 Å². The van der Waals surface area contributed by atoms with Crippen molar-refractivity contribution in [1.29, 1.82) is 5.41 Å². The van der Waals surface area contributed by atoms with Gasteiger partial charge < -0.3 is 25.3 Å². The van der Waals surface area contributed by atoms with E-state index in [0.29, 0.717) is 31.5 Å². The Labute approximate surface area is 161 Å². The van der Waals surface area contributed by atoms with E-state index in [2.05, 4.69) is 5.32 Å². The number of aliphatic hydroxyl groups excluding tert-OH is 1. The molecule has 0 aliphatic carbocycles. The van der Waals surface area contributed by atoms with Gasteiger partial charge in [0.2, 0.25) is 11.8 Å². The first kappa shape index (κ1) is 19.6. The van der Waals surface area contributed by atoms with Gasteiger partial charge in [-0.15, -0.1) is 11.6 Å². The van der Waals surface area contributed by atoms with Gasteiger partial charge in [0.05, 0.1) is 24.6 Å². The molecule has 148 valence electrons. The van der Waals surface area contributed by atoms with E-state index in [1.54, 1.807) is 11.8 Å². The Kier molecular flexibility index (Phi) is 5.43. The molecule has 0 unspecified atom stereocenters. The van der Waals surface area contributed by atoms with Crippen LogP contribution in [0.3, 0.4) is 0 Å². The summed E-state index contributed by atoms with van der Waals surface area (Å²) in [5.74, 6) is -2.38. The minimum absolute atomic E-state index is 0.0377. The fourth-order valence-electron chi connectivity index (χ4n) is 4.30. The number of hydrogen-bond acceptors (Lipinski definition) is 5. The van der Waals surface area contributed by atoms with E-state index in [1.807, 2.05) is 0 Å². The Hall–Kier alpha value is -2.13. The average Bonchev–Trinajstić information content (AvgIpc) is 3.21. The zero-order valence-corrected chi connectivity index (χ0v) is 15.7. The number of halogens is 1. The minimum Gasteiger partial charge on any atom is -0.477 e. The number of alkyl halides is 1. The van der Waals surface area contributed by atoms with Crippen LogP contribution in [0.25, 0.3) is 0 Å². The lowest BCUT2D eigenvalue weighted by atomic mass is 9.82. The summed E-state index contributed by atoms with van der Waals surface area (Å²) in [4.78, 5) is 38.4. The van der Waals surface area contributed by atoms with E-state index in [4.69, 9.17) is 17.0 Å². The Morgan fingerprint density at radius 2 is 2.15 bits per heavy atom. The molecular formula is C17H23ClN4O5. The summed E-state index contributed by atoms with van der Waals surface area (Å²) < 4.78 is 0. The predicted molar refractivity (Wildman–Crippen MR) is 96.2 cm³/mol. The number of aliphatic carboxylic acids is 1. The molecule has 2 amide bonds. The smallest absolute Gasteiger partial charge is 0.352 e. The Morgan fingerprint density at radius 1 is 1.44 bits per heavy atom. The number of β-lactam (4-membered cyclic amide) rings is 1. The summed E-state index contributed by atoms with van der Waals surface area (Å²) >= 11 is 5.42. The summed E-state index contributed by atoms with van der Waals surface area (Å²) in [5.41, 5.74) is 0.750. The fourth-order valence-corrected chi connectivity index (χ4v) is 4.39. The average molecular weight is 399 g/mol. The molecule has 0 aromatic rings. The van der Waals surface area contributed by atoms with Crippen molar-refractivity contribution in [3.05, 3.63) is 11.3 Å². The number of likely N-dealkylation sites (tertiary alicyclic amines) is 1. The number of amidine groups is 1. The quantitative estimate of drug-likeness (QED) is 0.208. The monoisotopic (exact) mass is 398 g/mol. The van der Waals surface area contributed by atoms with Crippen LogP contribution in [-0.2, 0) is 14.4 Å². The third kappa shape index (κ3) is 3.41. The van der Waals surface area contributed by atoms with Crippen LogP contribution in [0.5, 0.6) is 0 Å². The molecule has 10 heteroatoms. The molecular weight excluding hydrogens is 376 g/mol. The molecule has 4 N–H and O–H groups in total. The van der Waals surface area contributed by atoms with Crippen molar-refractivity contribution in [2.24, 2.45) is 11.8 Å². The van der Waals surface area contributed by atoms with Crippen LogP contribution in [-0.4, -0.2) is 81.3 Å². The first-order valence-corrected chi connectivity index (χ1v) is 9.42. The molecule has 27 heavy (non-hydrogen) atoms. The van der Waals surface area contributed by atoms with Crippen molar-refractivity contribution in [3.63, 3.8) is 0 Å². The number of rotatable bonds is 6. The molecule has 0 aromatic carbocycles. The third-order valence-electron chi connectivity index (χ3n) is 5.60. The molecule has 0 radical (unpaired) electrons. The molecule has 2 fully saturated rings. The van der Waals surface area contributed by atoms with Crippen LogP contribution >= 0.6 is 11.6 Å². The number of nitrogens with zero attached hydrogens (tertiary/aromatic N) is 2. The molecule has 0 bridgehead atoms. The van der Waals surface area contributed by atoms with Crippen molar-refractivity contribution in [2.45, 2.75) is 31.9 Å². The Bertz CT molecular complexity index is 722. The lowest BCUT2D eigenvalue weighted by Crippen LogP contribution is -2.61. The molecule has 3 aliphatic heterocycles. The standard InChI is InChI=1S/C17H23ClN4O5/c1-8(23)14-11-4-10(15(17(26)27)22(11)16(14)25)9-2-3-21(7-9)12(19)6-20-13(24)5-18/h8-9,11,14,19,23H,2-7H2,1H3,(H,20,24)(H,26,27)/t8-,9-,11-,14-/m1/s1. The summed E-state index contributed by atoms with van der Waals surface area (Å²) in [5, 5.41) is 30.1. The molecule has 0 saturated carbocycles. The van der Waals surface area contributed by atoms with Gasteiger partial charge in [0.25, 0.3) is 0 Å². The van der Waals surface area contributed by atoms with Crippen molar-refractivity contribution in [2.75, 3.05) is 25.5 Å². The number of carboxylic acids is 1. The van der Waals surface area contributed by atoms with Gasteiger partial charge >= 0.3 is 5.97 Å². The number of nitrogens with one attached hydrogen (secondary N) is 2. The highest BCUT2D eigenvalue weighted by molar-refractivity contribution is 6.27.